The molecule has 39 heavy (non-hydrogen) atoms. The van der Waals surface area contributed by atoms with E-state index in [0.29, 0.717) is 16.3 Å². The number of nitrogens with zero attached hydrogens (tertiary/aromatic N) is 1. The minimum Gasteiger partial charge on any atom is -0.484 e. The molecule has 1 atom stereocenters. The molecule has 0 radical (unpaired) electrons. The lowest BCUT2D eigenvalue weighted by Gasteiger charge is -2.32. The molecule has 7 nitrogen and oxygen atoms in total. The highest BCUT2D eigenvalue weighted by atomic mass is 32.2. The fraction of sp³-hybridized carbons (Fsp3) is 0.296. The summed E-state index contributed by atoms with van der Waals surface area (Å²) >= 11 is 0. The Morgan fingerprint density at radius 1 is 0.974 bits per heavy atom. The number of halogens is 4. The van der Waals surface area contributed by atoms with Crippen LogP contribution in [0.15, 0.2) is 66.7 Å². The summed E-state index contributed by atoms with van der Waals surface area (Å²) in [5.41, 5.74) is -5.96. The molecule has 0 saturated carbocycles. The smallest absolute Gasteiger partial charge is 0.484 e. The lowest BCUT2D eigenvalue weighted by Crippen LogP contribution is -2.42. The van der Waals surface area contributed by atoms with Crippen molar-refractivity contribution in [2.75, 3.05) is 6.54 Å². The SMILES string of the molecule is CC(C)(C)OC(=O)N(Cc1ccc(F)c2ccccc12)CC1C=C(OS(=O)(=O)C(F)(F)F)c2ccccc2O1. The molecule has 0 bridgehead atoms. The molecule has 0 N–H and O–H groups in total. The minimum atomic E-state index is -5.97. The summed E-state index contributed by atoms with van der Waals surface area (Å²) in [5, 5.41) is 0.895. The van der Waals surface area contributed by atoms with Crippen LogP contribution in [-0.2, 0) is 25.6 Å². The Morgan fingerprint density at radius 2 is 1.62 bits per heavy atom. The van der Waals surface area contributed by atoms with Crippen molar-refractivity contribution >= 4 is 32.7 Å². The van der Waals surface area contributed by atoms with Crippen LogP contribution in [0.25, 0.3) is 16.5 Å². The molecule has 3 aromatic carbocycles. The molecule has 4 rings (SSSR count). The van der Waals surface area contributed by atoms with Gasteiger partial charge in [-0.2, -0.15) is 21.6 Å². The van der Waals surface area contributed by atoms with Crippen molar-refractivity contribution in [3.8, 4) is 5.75 Å². The first-order valence-electron chi connectivity index (χ1n) is 11.8. The Hall–Kier alpha value is -3.80. The van der Waals surface area contributed by atoms with Crippen LogP contribution < -0.4 is 4.74 Å². The molecule has 12 heteroatoms. The molecule has 0 fully saturated rings. The largest absolute Gasteiger partial charge is 0.534 e. The average molecular weight is 568 g/mol. The molecule has 1 unspecified atom stereocenters. The second kappa shape index (κ2) is 10.4. The lowest BCUT2D eigenvalue weighted by molar-refractivity contribution is -0.0510. The van der Waals surface area contributed by atoms with E-state index in [1.165, 1.54) is 35.2 Å². The Morgan fingerprint density at radius 3 is 2.28 bits per heavy atom. The molecule has 1 amide bonds. The van der Waals surface area contributed by atoms with Gasteiger partial charge in [0.2, 0.25) is 0 Å². The molecule has 0 spiro atoms. The Kier molecular flexibility index (Phi) is 7.53. The van der Waals surface area contributed by atoms with Gasteiger partial charge in [-0.05, 0) is 49.9 Å². The van der Waals surface area contributed by atoms with Gasteiger partial charge in [0.05, 0.1) is 12.1 Å². The third kappa shape index (κ3) is 6.44. The summed E-state index contributed by atoms with van der Waals surface area (Å²) in [6, 6.07) is 15.3. The van der Waals surface area contributed by atoms with Crippen LogP contribution in [0.2, 0.25) is 0 Å². The normalized spacial score (nSPS) is 15.7. The Bertz CT molecular complexity index is 1530. The summed E-state index contributed by atoms with van der Waals surface area (Å²) < 4.78 is 93.0. The second-order valence-electron chi connectivity index (χ2n) is 9.78. The van der Waals surface area contributed by atoms with E-state index in [9.17, 15) is 30.8 Å². The minimum absolute atomic E-state index is 0.00470. The van der Waals surface area contributed by atoms with Crippen molar-refractivity contribution in [1.29, 1.82) is 0 Å². The molecule has 1 aliphatic heterocycles. The van der Waals surface area contributed by atoms with Gasteiger partial charge < -0.3 is 13.7 Å². The van der Waals surface area contributed by atoms with Gasteiger partial charge in [-0.25, -0.2) is 9.18 Å². The van der Waals surface area contributed by atoms with Crippen LogP contribution in [0.3, 0.4) is 0 Å². The van der Waals surface area contributed by atoms with E-state index in [0.717, 1.165) is 6.08 Å². The number of carbonyl (C=O) groups is 1. The zero-order chi connectivity index (χ0) is 28.6. The first kappa shape index (κ1) is 28.2. The maximum Gasteiger partial charge on any atom is 0.534 e. The lowest BCUT2D eigenvalue weighted by atomic mass is 10.0. The molecular formula is C27H25F4NO6S. The number of benzene rings is 3. The van der Waals surface area contributed by atoms with Gasteiger partial charge >= 0.3 is 21.7 Å². The van der Waals surface area contributed by atoms with E-state index in [1.54, 1.807) is 51.1 Å². The highest BCUT2D eigenvalue weighted by molar-refractivity contribution is 7.87. The maximum absolute atomic E-state index is 14.4. The maximum atomic E-state index is 14.4. The third-order valence-corrected chi connectivity index (χ3v) is 6.59. The van der Waals surface area contributed by atoms with E-state index in [-0.39, 0.29) is 24.4 Å². The summed E-state index contributed by atoms with van der Waals surface area (Å²) in [5.74, 6) is -0.967. The van der Waals surface area contributed by atoms with Crippen LogP contribution >= 0.6 is 0 Å². The molecule has 3 aromatic rings. The number of fused-ring (bicyclic) bond motifs is 2. The first-order valence-corrected chi connectivity index (χ1v) is 13.2. The van der Waals surface area contributed by atoms with Gasteiger partial charge in [-0.3, -0.25) is 4.90 Å². The number of ether oxygens (including phenoxy) is 2. The zero-order valence-corrected chi connectivity index (χ0v) is 22.0. The molecule has 208 valence electrons. The molecule has 1 heterocycles. The number of amides is 1. The third-order valence-electron chi connectivity index (χ3n) is 5.63. The van der Waals surface area contributed by atoms with Gasteiger partial charge in [-0.15, -0.1) is 0 Å². The summed E-state index contributed by atoms with van der Waals surface area (Å²) in [6.07, 6.45) is -0.819. The number of hydrogen-bond donors (Lipinski definition) is 0. The summed E-state index contributed by atoms with van der Waals surface area (Å²) in [7, 11) is -5.97. The van der Waals surface area contributed by atoms with Gasteiger partial charge in [0.15, 0.2) is 5.76 Å². The van der Waals surface area contributed by atoms with Gasteiger partial charge in [0.25, 0.3) is 0 Å². The van der Waals surface area contributed by atoms with Crippen molar-refractivity contribution in [3.05, 3.63) is 83.7 Å². The number of alkyl halides is 3. The van der Waals surface area contributed by atoms with Crippen molar-refractivity contribution in [2.24, 2.45) is 0 Å². The highest BCUT2D eigenvalue weighted by Gasteiger charge is 2.49. The van der Waals surface area contributed by atoms with E-state index in [2.05, 4.69) is 4.18 Å². The summed E-state index contributed by atoms with van der Waals surface area (Å²) in [6.45, 7) is 4.67. The van der Waals surface area contributed by atoms with Gasteiger partial charge in [0, 0.05) is 18.0 Å². The second-order valence-corrected chi connectivity index (χ2v) is 11.3. The van der Waals surface area contributed by atoms with Gasteiger partial charge in [0.1, 0.15) is 23.3 Å². The molecule has 0 aromatic heterocycles. The monoisotopic (exact) mass is 567 g/mol. The molecular weight excluding hydrogens is 542 g/mol. The zero-order valence-electron chi connectivity index (χ0n) is 21.2. The standard InChI is InChI=1S/C27H25F4NO6S/c1-26(2,3)37-25(33)32(15-17-12-13-22(28)20-9-5-4-8-19(17)20)16-18-14-24(38-39(34,35)27(29,30)31)21-10-6-7-11-23(21)36-18/h4-14,18H,15-16H2,1-3H3. The van der Waals surface area contributed by atoms with Crippen molar-refractivity contribution in [2.45, 2.75) is 44.5 Å². The predicted octanol–water partition coefficient (Wildman–Crippen LogP) is 6.38. The quantitative estimate of drug-likeness (QED) is 0.195. The van der Waals surface area contributed by atoms with Gasteiger partial charge in [-0.1, -0.05) is 42.5 Å². The van der Waals surface area contributed by atoms with E-state index in [1.807, 2.05) is 0 Å². The molecule has 0 aliphatic carbocycles. The fourth-order valence-corrected chi connectivity index (χ4v) is 4.45. The molecule has 0 saturated heterocycles. The van der Waals surface area contributed by atoms with Crippen molar-refractivity contribution < 1.29 is 44.4 Å². The number of hydrogen-bond acceptors (Lipinski definition) is 6. The van der Waals surface area contributed by atoms with E-state index < -0.39 is 45.0 Å². The van der Waals surface area contributed by atoms with Crippen LogP contribution in [0.4, 0.5) is 22.4 Å². The first-order chi connectivity index (χ1) is 18.1. The average Bonchev–Trinajstić information content (AvgIpc) is 2.83. The van der Waals surface area contributed by atoms with E-state index >= 15 is 0 Å². The van der Waals surface area contributed by atoms with Crippen molar-refractivity contribution in [3.63, 3.8) is 0 Å². The van der Waals surface area contributed by atoms with E-state index in [4.69, 9.17) is 9.47 Å². The number of rotatable bonds is 6. The number of para-hydroxylation sites is 1. The number of carbonyl (C=O) groups excluding carboxylic acids is 1. The highest BCUT2D eigenvalue weighted by Crippen LogP contribution is 2.37. The Balaban J connectivity index is 1.70. The Labute approximate surface area is 222 Å². The van der Waals surface area contributed by atoms with Crippen molar-refractivity contribution in [1.82, 2.24) is 4.90 Å². The van der Waals surface area contributed by atoms with Crippen LogP contribution in [0, 0.1) is 5.82 Å². The van der Waals surface area contributed by atoms with Crippen LogP contribution in [0.5, 0.6) is 5.75 Å². The topological polar surface area (TPSA) is 82.1 Å². The van der Waals surface area contributed by atoms with Crippen LogP contribution in [-0.4, -0.2) is 43.2 Å². The summed E-state index contributed by atoms with van der Waals surface area (Å²) in [4.78, 5) is 14.5. The van der Waals surface area contributed by atoms with Crippen LogP contribution in [0.1, 0.15) is 31.9 Å². The predicted molar refractivity (Wildman–Crippen MR) is 135 cm³/mol. The molecule has 1 aliphatic rings. The fourth-order valence-electron chi connectivity index (χ4n) is 3.97.